The topological polar surface area (TPSA) is 29.5 Å². The van der Waals surface area contributed by atoms with Crippen molar-refractivity contribution >= 4 is 17.1 Å². The number of hydrogen-bond acceptors (Lipinski definition) is 4. The largest absolute Gasteiger partial charge is 0.367 e. The van der Waals surface area contributed by atoms with Gasteiger partial charge in [-0.2, -0.15) is 0 Å². The lowest BCUT2D eigenvalue weighted by atomic mass is 10.1. The van der Waals surface area contributed by atoms with E-state index < -0.39 is 0 Å². The first kappa shape index (κ1) is 11.8. The molecule has 88 valence electrons. The number of ketones is 1. The Morgan fingerprint density at radius 1 is 1.69 bits per heavy atom. The van der Waals surface area contributed by atoms with Crippen molar-refractivity contribution in [2.24, 2.45) is 0 Å². The minimum atomic E-state index is -0.276. The van der Waals surface area contributed by atoms with Crippen molar-refractivity contribution in [3.05, 3.63) is 21.9 Å². The van der Waals surface area contributed by atoms with E-state index in [1.165, 1.54) is 0 Å². The molecule has 0 radical (unpaired) electrons. The molecule has 1 aliphatic heterocycles. The van der Waals surface area contributed by atoms with Crippen LogP contribution in [0.1, 0.15) is 22.2 Å². The van der Waals surface area contributed by atoms with Crippen molar-refractivity contribution in [2.75, 3.05) is 26.2 Å². The zero-order valence-corrected chi connectivity index (χ0v) is 10.5. The van der Waals surface area contributed by atoms with Crippen LogP contribution in [0.25, 0.3) is 0 Å². The SMILES string of the molecule is CCN1CCOC(C(=O)c2ccsc2C)C1. The van der Waals surface area contributed by atoms with Crippen LogP contribution < -0.4 is 0 Å². The van der Waals surface area contributed by atoms with Gasteiger partial charge in [0.05, 0.1) is 6.61 Å². The summed E-state index contributed by atoms with van der Waals surface area (Å²) < 4.78 is 5.56. The normalized spacial score (nSPS) is 22.2. The molecule has 4 heteroatoms. The van der Waals surface area contributed by atoms with Crippen molar-refractivity contribution in [2.45, 2.75) is 20.0 Å². The van der Waals surface area contributed by atoms with Crippen LogP contribution in [0.3, 0.4) is 0 Å². The van der Waals surface area contributed by atoms with Gasteiger partial charge in [0.15, 0.2) is 5.78 Å². The highest BCUT2D eigenvalue weighted by Gasteiger charge is 2.27. The molecule has 16 heavy (non-hydrogen) atoms. The summed E-state index contributed by atoms with van der Waals surface area (Å²) in [5.41, 5.74) is 0.827. The summed E-state index contributed by atoms with van der Waals surface area (Å²) >= 11 is 1.61. The van der Waals surface area contributed by atoms with Crippen LogP contribution in [0.5, 0.6) is 0 Å². The number of ether oxygens (including phenoxy) is 1. The van der Waals surface area contributed by atoms with Crippen LogP contribution in [0.2, 0.25) is 0 Å². The Labute approximate surface area is 100 Å². The molecule has 0 N–H and O–H groups in total. The molecule has 0 aromatic carbocycles. The monoisotopic (exact) mass is 239 g/mol. The number of aryl methyl sites for hydroxylation is 1. The molecule has 2 rings (SSSR count). The van der Waals surface area contributed by atoms with E-state index in [2.05, 4.69) is 11.8 Å². The number of rotatable bonds is 3. The highest BCUT2D eigenvalue weighted by Crippen LogP contribution is 2.19. The van der Waals surface area contributed by atoms with Gasteiger partial charge in [-0.05, 0) is 24.9 Å². The molecule has 0 bridgehead atoms. The molecule has 1 aromatic rings. The standard InChI is InChI=1S/C12H17NO2S/c1-3-13-5-6-15-11(8-13)12(14)10-4-7-16-9(10)2/h4,7,11H,3,5-6,8H2,1-2H3. The van der Waals surface area contributed by atoms with Crippen molar-refractivity contribution in [1.29, 1.82) is 0 Å². The lowest BCUT2D eigenvalue weighted by Crippen LogP contribution is -2.45. The summed E-state index contributed by atoms with van der Waals surface area (Å²) in [6.45, 7) is 7.40. The van der Waals surface area contributed by atoms with Crippen molar-refractivity contribution in [3.63, 3.8) is 0 Å². The number of Topliss-reactive ketones (excluding diaryl/α,β-unsaturated/α-hetero) is 1. The van der Waals surface area contributed by atoms with Gasteiger partial charge in [-0.1, -0.05) is 6.92 Å². The second-order valence-electron chi connectivity index (χ2n) is 4.01. The average Bonchev–Trinajstić information content (AvgIpc) is 2.74. The third-order valence-corrected chi connectivity index (χ3v) is 3.86. The zero-order valence-electron chi connectivity index (χ0n) is 9.73. The molecule has 1 aliphatic rings. The minimum absolute atomic E-state index is 0.136. The van der Waals surface area contributed by atoms with Crippen LogP contribution in [-0.2, 0) is 4.74 Å². The van der Waals surface area contributed by atoms with E-state index in [1.54, 1.807) is 11.3 Å². The van der Waals surface area contributed by atoms with E-state index in [9.17, 15) is 4.79 Å². The van der Waals surface area contributed by atoms with Gasteiger partial charge in [-0.15, -0.1) is 11.3 Å². The summed E-state index contributed by atoms with van der Waals surface area (Å²) in [7, 11) is 0. The molecule has 0 spiro atoms. The first-order chi connectivity index (χ1) is 7.72. The van der Waals surface area contributed by atoms with Gasteiger partial charge in [-0.3, -0.25) is 9.69 Å². The lowest BCUT2D eigenvalue weighted by molar-refractivity contribution is -0.0148. The molecule has 0 amide bonds. The van der Waals surface area contributed by atoms with E-state index >= 15 is 0 Å². The van der Waals surface area contributed by atoms with E-state index in [1.807, 2.05) is 18.4 Å². The summed E-state index contributed by atoms with van der Waals surface area (Å²) in [5.74, 6) is 0.136. The van der Waals surface area contributed by atoms with E-state index in [-0.39, 0.29) is 11.9 Å². The Bertz CT molecular complexity index is 375. The van der Waals surface area contributed by atoms with Gasteiger partial charge in [0.2, 0.25) is 0 Å². The molecule has 1 aromatic heterocycles. The van der Waals surface area contributed by atoms with Crippen LogP contribution in [0, 0.1) is 6.92 Å². The van der Waals surface area contributed by atoms with Gasteiger partial charge in [0.1, 0.15) is 6.10 Å². The molecule has 2 heterocycles. The van der Waals surface area contributed by atoms with Gasteiger partial charge in [0.25, 0.3) is 0 Å². The molecular formula is C12H17NO2S. The molecule has 1 fully saturated rings. The van der Waals surface area contributed by atoms with Crippen LogP contribution in [0.4, 0.5) is 0 Å². The Balaban J connectivity index is 2.07. The molecule has 1 atom stereocenters. The third kappa shape index (κ3) is 2.34. The highest BCUT2D eigenvalue weighted by molar-refractivity contribution is 7.10. The van der Waals surface area contributed by atoms with Gasteiger partial charge >= 0.3 is 0 Å². The van der Waals surface area contributed by atoms with Crippen LogP contribution in [-0.4, -0.2) is 43.0 Å². The summed E-state index contributed by atoms with van der Waals surface area (Å²) in [6.07, 6.45) is -0.276. The fraction of sp³-hybridized carbons (Fsp3) is 0.583. The molecular weight excluding hydrogens is 222 g/mol. The van der Waals surface area contributed by atoms with Crippen molar-refractivity contribution in [3.8, 4) is 0 Å². The van der Waals surface area contributed by atoms with E-state index in [0.717, 1.165) is 30.1 Å². The first-order valence-corrected chi connectivity index (χ1v) is 6.52. The molecule has 0 saturated carbocycles. The van der Waals surface area contributed by atoms with Gasteiger partial charge in [0, 0.05) is 23.5 Å². The first-order valence-electron chi connectivity index (χ1n) is 5.64. The predicted octanol–water partition coefficient (Wildman–Crippen LogP) is 1.96. The molecule has 3 nitrogen and oxygen atoms in total. The Morgan fingerprint density at radius 3 is 3.12 bits per heavy atom. The van der Waals surface area contributed by atoms with Crippen LogP contribution in [0.15, 0.2) is 11.4 Å². The fourth-order valence-electron chi connectivity index (χ4n) is 1.96. The van der Waals surface area contributed by atoms with E-state index in [4.69, 9.17) is 4.74 Å². The summed E-state index contributed by atoms with van der Waals surface area (Å²) in [5, 5.41) is 1.96. The smallest absolute Gasteiger partial charge is 0.193 e. The van der Waals surface area contributed by atoms with Crippen molar-refractivity contribution in [1.82, 2.24) is 4.90 Å². The molecule has 0 aliphatic carbocycles. The average molecular weight is 239 g/mol. The van der Waals surface area contributed by atoms with Crippen molar-refractivity contribution < 1.29 is 9.53 Å². The molecule has 1 unspecified atom stereocenters. The second-order valence-corrected chi connectivity index (χ2v) is 5.13. The number of thiophene rings is 1. The number of carbonyl (C=O) groups is 1. The van der Waals surface area contributed by atoms with Gasteiger partial charge < -0.3 is 4.74 Å². The highest BCUT2D eigenvalue weighted by atomic mass is 32.1. The quantitative estimate of drug-likeness (QED) is 0.755. The molecule has 1 saturated heterocycles. The Hall–Kier alpha value is -0.710. The lowest BCUT2D eigenvalue weighted by Gasteiger charge is -2.31. The maximum Gasteiger partial charge on any atom is 0.193 e. The minimum Gasteiger partial charge on any atom is -0.367 e. The maximum atomic E-state index is 12.2. The number of carbonyl (C=O) groups excluding carboxylic acids is 1. The second kappa shape index (κ2) is 5.08. The predicted molar refractivity (Wildman–Crippen MR) is 65.2 cm³/mol. The Morgan fingerprint density at radius 2 is 2.50 bits per heavy atom. The fourth-order valence-corrected chi connectivity index (χ4v) is 2.67. The van der Waals surface area contributed by atoms with E-state index in [0.29, 0.717) is 6.61 Å². The zero-order chi connectivity index (χ0) is 11.5. The maximum absolute atomic E-state index is 12.2. The summed E-state index contributed by atoms with van der Waals surface area (Å²) in [6, 6.07) is 1.90. The number of likely N-dealkylation sites (N-methyl/N-ethyl adjacent to an activating group) is 1. The Kier molecular flexibility index (Phi) is 3.74. The van der Waals surface area contributed by atoms with Crippen LogP contribution >= 0.6 is 11.3 Å². The van der Waals surface area contributed by atoms with Gasteiger partial charge in [-0.25, -0.2) is 0 Å². The third-order valence-electron chi connectivity index (χ3n) is 3.01. The number of morpholine rings is 1. The summed E-state index contributed by atoms with van der Waals surface area (Å²) in [4.78, 5) is 15.5. The number of hydrogen-bond donors (Lipinski definition) is 0. The number of nitrogens with zero attached hydrogens (tertiary/aromatic N) is 1.